The maximum atomic E-state index is 11.8. The normalized spacial score (nSPS) is 25.4. The predicted molar refractivity (Wildman–Crippen MR) is 122 cm³/mol. The third kappa shape index (κ3) is 4.93. The summed E-state index contributed by atoms with van der Waals surface area (Å²) in [4.78, 5) is 0. The highest BCUT2D eigenvalue weighted by Gasteiger charge is 2.56. The van der Waals surface area contributed by atoms with Gasteiger partial charge in [0.05, 0.1) is 39.4 Å². The zero-order valence-corrected chi connectivity index (χ0v) is 20.8. The summed E-state index contributed by atoms with van der Waals surface area (Å²) in [7, 11) is 4.83. The molecule has 2 aromatic rings. The Labute approximate surface area is 198 Å². The summed E-state index contributed by atoms with van der Waals surface area (Å²) in [6.45, 7) is 3.84. The van der Waals surface area contributed by atoms with Crippen molar-refractivity contribution in [2.45, 2.75) is 56.8 Å². The number of halogens is 1. The maximum absolute atomic E-state index is 11.8. The second-order valence-electron chi connectivity index (χ2n) is 10.0. The minimum Gasteiger partial charge on any atom is -1.00 e. The molecule has 2 saturated carbocycles. The molecule has 2 aliphatic carbocycles. The van der Waals surface area contributed by atoms with Crippen molar-refractivity contribution in [2.24, 2.45) is 11.8 Å². The lowest BCUT2D eigenvalue weighted by molar-refractivity contribution is -0.919. The average molecular weight is 489 g/mol. The number of rotatable bonds is 9. The lowest BCUT2D eigenvalue weighted by atomic mass is 9.87. The molecule has 0 aliphatic heterocycles. The van der Waals surface area contributed by atoms with E-state index in [0.29, 0.717) is 18.6 Å². The molecule has 2 aliphatic rings. The van der Waals surface area contributed by atoms with Crippen LogP contribution >= 0.6 is 0 Å². The number of ether oxygens (including phenoxy) is 1. The minimum absolute atomic E-state index is 0. The SMILES string of the molecule is CCCC[N+](C)(C)C1C2CCC1C(OCC(O)(c1ccccc1)c1ccccc1)C2.[Br-]. The molecule has 0 amide bonds. The number of nitrogens with zero attached hydrogens (tertiary/aromatic N) is 1. The highest BCUT2D eigenvalue weighted by Crippen LogP contribution is 2.50. The average Bonchev–Trinajstić information content (AvgIpc) is 3.36. The molecular weight excluding hydrogens is 450 g/mol. The molecule has 170 valence electrons. The van der Waals surface area contributed by atoms with Gasteiger partial charge in [0.1, 0.15) is 5.60 Å². The zero-order valence-electron chi connectivity index (χ0n) is 19.2. The molecule has 0 aromatic heterocycles. The molecule has 1 N–H and O–H groups in total. The molecular formula is C27H38BrNO2. The maximum Gasteiger partial charge on any atom is 0.138 e. The van der Waals surface area contributed by atoms with E-state index in [1.54, 1.807) is 0 Å². The van der Waals surface area contributed by atoms with Crippen LogP contribution in [0.5, 0.6) is 0 Å². The Balaban J connectivity index is 0.00000272. The van der Waals surface area contributed by atoms with Crippen molar-refractivity contribution in [3.8, 4) is 0 Å². The Morgan fingerprint density at radius 2 is 1.55 bits per heavy atom. The predicted octanol–water partition coefficient (Wildman–Crippen LogP) is 1.99. The standard InChI is InChI=1S/C27H38NO2.BrH/c1-4-5-18-28(2,3)26-21-16-17-24(26)25(19-21)30-20-27(29,22-12-8-6-9-13-22)23-14-10-7-11-15-23;/h6-15,21,24-26,29H,4-5,16-20H2,1-3H3;1H/q+1;/p-1. The van der Waals surface area contributed by atoms with Crippen molar-refractivity contribution < 1.29 is 31.3 Å². The highest BCUT2D eigenvalue weighted by atomic mass is 79.9. The molecule has 3 nitrogen and oxygen atoms in total. The molecule has 2 fully saturated rings. The first-order valence-electron chi connectivity index (χ1n) is 11.7. The third-order valence-electron chi connectivity index (χ3n) is 7.71. The number of aliphatic hydroxyl groups is 1. The van der Waals surface area contributed by atoms with Crippen molar-refractivity contribution in [1.29, 1.82) is 0 Å². The Hall–Kier alpha value is -1.20. The summed E-state index contributed by atoms with van der Waals surface area (Å²) in [6, 6.07) is 20.7. The fraction of sp³-hybridized carbons (Fsp3) is 0.556. The summed E-state index contributed by atoms with van der Waals surface area (Å²) >= 11 is 0. The van der Waals surface area contributed by atoms with E-state index in [0.717, 1.165) is 27.9 Å². The second-order valence-corrected chi connectivity index (χ2v) is 10.0. The van der Waals surface area contributed by atoms with Gasteiger partial charge >= 0.3 is 0 Å². The van der Waals surface area contributed by atoms with Crippen LogP contribution in [0, 0.1) is 11.8 Å². The Morgan fingerprint density at radius 1 is 0.968 bits per heavy atom. The first-order chi connectivity index (χ1) is 14.5. The monoisotopic (exact) mass is 487 g/mol. The van der Waals surface area contributed by atoms with Crippen LogP contribution in [-0.4, -0.2) is 49.0 Å². The summed E-state index contributed by atoms with van der Waals surface area (Å²) in [5, 5.41) is 11.8. The van der Waals surface area contributed by atoms with E-state index >= 15 is 0 Å². The van der Waals surface area contributed by atoms with Gasteiger partial charge in [0.2, 0.25) is 0 Å². The number of quaternary nitrogens is 1. The lowest BCUT2D eigenvalue weighted by Crippen LogP contribution is -3.00. The molecule has 0 spiro atoms. The number of benzene rings is 2. The van der Waals surface area contributed by atoms with E-state index in [-0.39, 0.29) is 23.1 Å². The van der Waals surface area contributed by atoms with Crippen LogP contribution in [0.4, 0.5) is 0 Å². The van der Waals surface area contributed by atoms with Gasteiger partial charge in [-0.25, -0.2) is 0 Å². The van der Waals surface area contributed by atoms with Gasteiger partial charge in [-0.3, -0.25) is 0 Å². The Morgan fingerprint density at radius 3 is 2.10 bits per heavy atom. The number of hydrogen-bond donors (Lipinski definition) is 1. The van der Waals surface area contributed by atoms with E-state index < -0.39 is 5.60 Å². The molecule has 4 heteroatoms. The molecule has 4 unspecified atom stereocenters. The van der Waals surface area contributed by atoms with E-state index in [9.17, 15) is 5.11 Å². The van der Waals surface area contributed by atoms with Crippen LogP contribution < -0.4 is 17.0 Å². The first-order valence-corrected chi connectivity index (χ1v) is 11.7. The van der Waals surface area contributed by atoms with Crippen molar-refractivity contribution in [1.82, 2.24) is 0 Å². The van der Waals surface area contributed by atoms with Crippen molar-refractivity contribution in [3.05, 3.63) is 71.8 Å². The molecule has 0 saturated heterocycles. The van der Waals surface area contributed by atoms with Gasteiger partial charge in [-0.15, -0.1) is 0 Å². The fourth-order valence-electron chi connectivity index (χ4n) is 6.22. The van der Waals surface area contributed by atoms with Gasteiger partial charge in [0.15, 0.2) is 0 Å². The number of unbranched alkanes of at least 4 members (excludes halogenated alkanes) is 1. The molecule has 4 rings (SSSR count). The third-order valence-corrected chi connectivity index (χ3v) is 7.71. The van der Waals surface area contributed by atoms with Crippen molar-refractivity contribution in [3.63, 3.8) is 0 Å². The molecule has 4 atom stereocenters. The van der Waals surface area contributed by atoms with Gasteiger partial charge in [0, 0.05) is 11.8 Å². The van der Waals surface area contributed by atoms with Crippen LogP contribution in [0.2, 0.25) is 0 Å². The largest absolute Gasteiger partial charge is 1.00 e. The van der Waals surface area contributed by atoms with E-state index in [1.165, 1.54) is 32.2 Å². The molecule has 2 bridgehead atoms. The van der Waals surface area contributed by atoms with E-state index in [4.69, 9.17) is 4.74 Å². The van der Waals surface area contributed by atoms with E-state index in [2.05, 4.69) is 21.0 Å². The molecule has 31 heavy (non-hydrogen) atoms. The quantitative estimate of drug-likeness (QED) is 0.548. The zero-order chi connectivity index (χ0) is 21.2. The van der Waals surface area contributed by atoms with Crippen molar-refractivity contribution >= 4 is 0 Å². The Kier molecular flexibility index (Phi) is 8.01. The summed E-state index contributed by atoms with van der Waals surface area (Å²) in [6.07, 6.45) is 6.55. The number of fused-ring (bicyclic) bond motifs is 2. The topological polar surface area (TPSA) is 29.5 Å². The smallest absolute Gasteiger partial charge is 0.138 e. The van der Waals surface area contributed by atoms with Crippen LogP contribution in [-0.2, 0) is 10.3 Å². The fourth-order valence-corrected chi connectivity index (χ4v) is 6.22. The minimum atomic E-state index is -1.12. The lowest BCUT2D eigenvalue weighted by Gasteiger charge is -2.39. The highest BCUT2D eigenvalue weighted by molar-refractivity contribution is 5.36. The summed E-state index contributed by atoms with van der Waals surface area (Å²) in [5.41, 5.74) is 0.678. The van der Waals surface area contributed by atoms with Gasteiger partial charge in [-0.05, 0) is 36.8 Å². The van der Waals surface area contributed by atoms with Gasteiger partial charge in [-0.1, -0.05) is 74.0 Å². The Bertz CT molecular complexity index is 771. The van der Waals surface area contributed by atoms with Crippen LogP contribution in [0.3, 0.4) is 0 Å². The number of hydrogen-bond acceptors (Lipinski definition) is 2. The molecule has 0 heterocycles. The summed E-state index contributed by atoms with van der Waals surface area (Å²) < 4.78 is 7.70. The molecule has 2 aromatic carbocycles. The van der Waals surface area contributed by atoms with Crippen LogP contribution in [0.25, 0.3) is 0 Å². The van der Waals surface area contributed by atoms with Crippen LogP contribution in [0.15, 0.2) is 60.7 Å². The van der Waals surface area contributed by atoms with Crippen molar-refractivity contribution in [2.75, 3.05) is 27.2 Å². The van der Waals surface area contributed by atoms with E-state index in [1.807, 2.05) is 60.7 Å². The van der Waals surface area contributed by atoms with Gasteiger partial charge in [-0.2, -0.15) is 0 Å². The van der Waals surface area contributed by atoms with Gasteiger partial charge in [0.25, 0.3) is 0 Å². The second kappa shape index (κ2) is 10.2. The first kappa shape index (κ1) is 24.4. The molecule has 0 radical (unpaired) electrons. The summed E-state index contributed by atoms with van der Waals surface area (Å²) in [5.74, 6) is 1.37. The van der Waals surface area contributed by atoms with Crippen LogP contribution in [0.1, 0.15) is 50.2 Å². The van der Waals surface area contributed by atoms with Gasteiger partial charge < -0.3 is 31.3 Å².